The number of hydrazine groups is 1. The van der Waals surface area contributed by atoms with Gasteiger partial charge in [-0.3, -0.25) is 16.0 Å². The Morgan fingerprint density at radius 1 is 1.62 bits per heavy atom. The zero-order valence-corrected chi connectivity index (χ0v) is 7.45. The number of nitro benzene ring substituents is 1. The third kappa shape index (κ3) is 1.39. The maximum atomic E-state index is 10.6. The molecule has 0 amide bonds. The summed E-state index contributed by atoms with van der Waals surface area (Å²) in [6, 6.07) is 5.00. The summed E-state index contributed by atoms with van der Waals surface area (Å²) in [5.41, 5.74) is 0.859. The topological polar surface area (TPSA) is 72.4 Å². The van der Waals surface area contributed by atoms with Gasteiger partial charge in [0, 0.05) is 11.0 Å². The maximum Gasteiger partial charge on any atom is 0.275 e. The van der Waals surface area contributed by atoms with E-state index in [-0.39, 0.29) is 10.6 Å². The summed E-state index contributed by atoms with van der Waals surface area (Å²) in [5, 5.41) is 10.6. The first-order valence-corrected chi connectivity index (χ1v) is 4.42. The minimum Gasteiger partial charge on any atom is -0.258 e. The lowest BCUT2D eigenvalue weighted by Gasteiger charge is -2.00. The van der Waals surface area contributed by atoms with Crippen LogP contribution in [0.5, 0.6) is 0 Å². The van der Waals surface area contributed by atoms with Crippen LogP contribution in [-0.4, -0.2) is 9.34 Å². The van der Waals surface area contributed by atoms with Crippen LogP contribution in [0.3, 0.4) is 0 Å². The lowest BCUT2D eigenvalue weighted by Crippen LogP contribution is -2.17. The molecule has 0 bridgehead atoms. The molecule has 1 aromatic carbocycles. The van der Waals surface area contributed by atoms with E-state index in [4.69, 9.17) is 5.84 Å². The fraction of sp³-hybridized carbons (Fsp3) is 0.143. The average Bonchev–Trinajstić information content (AvgIpc) is 2.43. The lowest BCUT2D eigenvalue weighted by molar-refractivity contribution is -0.385. The van der Waals surface area contributed by atoms with Crippen LogP contribution in [0, 0.1) is 10.1 Å². The molecular weight excluding hydrogens is 190 g/mol. The molecule has 13 heavy (non-hydrogen) atoms. The zero-order valence-electron chi connectivity index (χ0n) is 6.64. The molecule has 0 aliphatic carbocycles. The van der Waals surface area contributed by atoms with Crippen LogP contribution in [-0.2, 0) is 6.54 Å². The summed E-state index contributed by atoms with van der Waals surface area (Å²) in [5.74, 6) is 5.53. The SMILES string of the molecule is NN1Cc2c(cccc2[N+](=O)[O-])S1. The number of benzene rings is 1. The summed E-state index contributed by atoms with van der Waals surface area (Å²) in [6.45, 7) is 0.428. The van der Waals surface area contributed by atoms with Gasteiger partial charge in [0.15, 0.2) is 0 Å². The predicted molar refractivity (Wildman–Crippen MR) is 48.7 cm³/mol. The summed E-state index contributed by atoms with van der Waals surface area (Å²) < 4.78 is 1.48. The van der Waals surface area contributed by atoms with E-state index in [2.05, 4.69) is 0 Å². The minimum absolute atomic E-state index is 0.151. The first kappa shape index (κ1) is 8.49. The van der Waals surface area contributed by atoms with E-state index in [1.165, 1.54) is 22.4 Å². The maximum absolute atomic E-state index is 10.6. The fourth-order valence-electron chi connectivity index (χ4n) is 1.28. The Morgan fingerprint density at radius 3 is 3.08 bits per heavy atom. The van der Waals surface area contributed by atoms with Gasteiger partial charge in [0.05, 0.1) is 17.0 Å². The summed E-state index contributed by atoms with van der Waals surface area (Å²) in [6.07, 6.45) is 0. The van der Waals surface area contributed by atoms with E-state index in [0.29, 0.717) is 12.1 Å². The van der Waals surface area contributed by atoms with Gasteiger partial charge in [-0.15, -0.1) is 0 Å². The molecule has 0 unspecified atom stereocenters. The minimum atomic E-state index is -0.376. The molecule has 0 fully saturated rings. The van der Waals surface area contributed by atoms with E-state index in [1.54, 1.807) is 6.07 Å². The van der Waals surface area contributed by atoms with Crippen molar-refractivity contribution in [1.29, 1.82) is 0 Å². The molecule has 1 aliphatic rings. The van der Waals surface area contributed by atoms with Crippen molar-refractivity contribution in [3.05, 3.63) is 33.9 Å². The third-order valence-corrected chi connectivity index (χ3v) is 2.78. The molecule has 0 saturated heterocycles. The zero-order chi connectivity index (χ0) is 9.42. The molecule has 5 nitrogen and oxygen atoms in total. The van der Waals surface area contributed by atoms with Gasteiger partial charge in [-0.2, -0.15) is 4.41 Å². The van der Waals surface area contributed by atoms with Gasteiger partial charge in [0.1, 0.15) is 0 Å². The molecule has 1 aliphatic heterocycles. The van der Waals surface area contributed by atoms with Crippen molar-refractivity contribution >= 4 is 17.6 Å². The van der Waals surface area contributed by atoms with E-state index in [1.807, 2.05) is 6.07 Å². The van der Waals surface area contributed by atoms with E-state index >= 15 is 0 Å². The number of nitro groups is 1. The molecule has 6 heteroatoms. The van der Waals surface area contributed by atoms with Crippen molar-refractivity contribution in [3.8, 4) is 0 Å². The second-order valence-electron chi connectivity index (χ2n) is 2.68. The lowest BCUT2D eigenvalue weighted by atomic mass is 10.2. The molecule has 68 valence electrons. The Balaban J connectivity index is 2.51. The van der Waals surface area contributed by atoms with Gasteiger partial charge in [-0.1, -0.05) is 6.07 Å². The van der Waals surface area contributed by atoms with Gasteiger partial charge < -0.3 is 0 Å². The van der Waals surface area contributed by atoms with Crippen molar-refractivity contribution in [1.82, 2.24) is 4.41 Å². The number of fused-ring (bicyclic) bond motifs is 1. The number of nitrogens with zero attached hydrogens (tertiary/aromatic N) is 2. The van der Waals surface area contributed by atoms with Crippen molar-refractivity contribution in [2.45, 2.75) is 11.4 Å². The van der Waals surface area contributed by atoms with Crippen LogP contribution in [0.15, 0.2) is 23.1 Å². The Morgan fingerprint density at radius 2 is 2.38 bits per heavy atom. The molecular formula is C7H7N3O2S. The smallest absolute Gasteiger partial charge is 0.258 e. The quantitative estimate of drug-likeness (QED) is 0.318. The van der Waals surface area contributed by atoms with Crippen molar-refractivity contribution < 1.29 is 4.92 Å². The largest absolute Gasteiger partial charge is 0.275 e. The molecule has 1 aromatic rings. The highest BCUT2D eigenvalue weighted by molar-refractivity contribution is 7.97. The van der Waals surface area contributed by atoms with Crippen molar-refractivity contribution in [2.75, 3.05) is 0 Å². The normalized spacial score (nSPS) is 15.8. The second kappa shape index (κ2) is 2.99. The molecule has 0 saturated carbocycles. The van der Waals surface area contributed by atoms with Gasteiger partial charge >= 0.3 is 0 Å². The Labute approximate surface area is 78.8 Å². The van der Waals surface area contributed by atoms with Crippen LogP contribution in [0.2, 0.25) is 0 Å². The molecule has 0 aromatic heterocycles. The summed E-state index contributed by atoms with van der Waals surface area (Å²) >= 11 is 1.33. The molecule has 1 heterocycles. The van der Waals surface area contributed by atoms with Crippen molar-refractivity contribution in [3.63, 3.8) is 0 Å². The average molecular weight is 197 g/mol. The molecule has 0 spiro atoms. The van der Waals surface area contributed by atoms with Crippen LogP contribution >= 0.6 is 11.9 Å². The Kier molecular flexibility index (Phi) is 1.95. The molecule has 0 radical (unpaired) electrons. The predicted octanol–water partition coefficient (Wildman–Crippen LogP) is 1.29. The summed E-state index contributed by atoms with van der Waals surface area (Å²) in [4.78, 5) is 11.1. The Bertz CT molecular complexity index is 369. The van der Waals surface area contributed by atoms with E-state index < -0.39 is 0 Å². The highest BCUT2D eigenvalue weighted by Gasteiger charge is 2.25. The van der Waals surface area contributed by atoms with Crippen LogP contribution in [0.1, 0.15) is 5.56 Å². The molecule has 2 N–H and O–H groups in total. The number of hydrogen-bond donors (Lipinski definition) is 1. The van der Waals surface area contributed by atoms with Crippen LogP contribution < -0.4 is 5.84 Å². The standard InChI is InChI=1S/C7H7N3O2S/c8-9-4-5-6(10(11)12)2-1-3-7(5)13-9/h1-3H,4,8H2. The molecule has 0 atom stereocenters. The Hall–Kier alpha value is -1.11. The monoisotopic (exact) mass is 197 g/mol. The van der Waals surface area contributed by atoms with E-state index in [0.717, 1.165) is 4.90 Å². The van der Waals surface area contributed by atoms with Gasteiger partial charge in [0.2, 0.25) is 0 Å². The number of hydrogen-bond acceptors (Lipinski definition) is 5. The van der Waals surface area contributed by atoms with Gasteiger partial charge in [-0.05, 0) is 18.0 Å². The highest BCUT2D eigenvalue weighted by atomic mass is 32.2. The highest BCUT2D eigenvalue weighted by Crippen LogP contribution is 2.38. The fourth-order valence-corrected chi connectivity index (χ4v) is 2.15. The van der Waals surface area contributed by atoms with Crippen LogP contribution in [0.25, 0.3) is 0 Å². The number of nitrogens with two attached hydrogens (primary N) is 1. The third-order valence-electron chi connectivity index (χ3n) is 1.83. The van der Waals surface area contributed by atoms with Gasteiger partial charge in [0.25, 0.3) is 5.69 Å². The summed E-state index contributed by atoms with van der Waals surface area (Å²) in [7, 11) is 0. The second-order valence-corrected chi connectivity index (χ2v) is 3.77. The first-order valence-electron chi connectivity index (χ1n) is 3.65. The first-order chi connectivity index (χ1) is 6.18. The van der Waals surface area contributed by atoms with E-state index in [9.17, 15) is 10.1 Å². The van der Waals surface area contributed by atoms with Crippen molar-refractivity contribution in [2.24, 2.45) is 5.84 Å². The van der Waals surface area contributed by atoms with Crippen LogP contribution in [0.4, 0.5) is 5.69 Å². The molecule has 2 rings (SSSR count). The number of rotatable bonds is 1. The van der Waals surface area contributed by atoms with Gasteiger partial charge in [-0.25, -0.2) is 0 Å².